The van der Waals surface area contributed by atoms with Crippen molar-refractivity contribution in [3.8, 4) is 22.7 Å². The second-order valence-electron chi connectivity index (χ2n) is 6.19. The molecule has 0 saturated heterocycles. The molecule has 0 N–H and O–H groups in total. The van der Waals surface area contributed by atoms with Crippen molar-refractivity contribution >= 4 is 18.0 Å². The van der Waals surface area contributed by atoms with Gasteiger partial charge in [0.1, 0.15) is 11.5 Å². The minimum absolute atomic E-state index is 0.307. The second kappa shape index (κ2) is 8.06. The fourth-order valence-corrected chi connectivity index (χ4v) is 3.20. The van der Waals surface area contributed by atoms with Gasteiger partial charge in [0.25, 0.3) is 0 Å². The van der Waals surface area contributed by atoms with Gasteiger partial charge in [-0.3, -0.25) is 8.58 Å². The molecule has 0 aliphatic heterocycles. The third-order valence-corrected chi connectivity index (χ3v) is 4.75. The molecule has 1 aromatic carbocycles. The molecule has 4 rings (SSSR count). The highest BCUT2D eigenvalue weighted by Gasteiger charge is 2.15. The molecule has 0 atom stereocenters. The molecule has 7 nitrogen and oxygen atoms in total. The number of pyridine rings is 1. The third kappa shape index (κ3) is 3.87. The predicted octanol–water partition coefficient (Wildman–Crippen LogP) is 3.97. The normalized spacial score (nSPS) is 11.1. The van der Waals surface area contributed by atoms with E-state index in [1.807, 2.05) is 13.8 Å². The van der Waals surface area contributed by atoms with Crippen LogP contribution in [0.2, 0.25) is 0 Å². The van der Waals surface area contributed by atoms with E-state index in [-0.39, 0.29) is 11.5 Å². The average Bonchev–Trinajstić information content (AvgIpc) is 3.11. The van der Waals surface area contributed by atoms with E-state index in [4.69, 9.17) is 8.37 Å². The summed E-state index contributed by atoms with van der Waals surface area (Å²) in [6.07, 6.45) is 4.87. The van der Waals surface area contributed by atoms with Gasteiger partial charge in [0.05, 0.1) is 12.3 Å². The maximum absolute atomic E-state index is 13.2. The lowest BCUT2D eigenvalue weighted by molar-refractivity contribution is 0.369. The second-order valence-corrected chi connectivity index (χ2v) is 6.73. The van der Waals surface area contributed by atoms with Gasteiger partial charge in [0, 0.05) is 24.2 Å². The first-order chi connectivity index (χ1) is 14.1. The van der Waals surface area contributed by atoms with E-state index in [9.17, 15) is 9.18 Å². The van der Waals surface area contributed by atoms with Crippen molar-refractivity contribution in [2.75, 3.05) is 6.61 Å². The summed E-state index contributed by atoms with van der Waals surface area (Å²) in [5.74, 6) is 0.321. The Bertz CT molecular complexity index is 1220. The smallest absolute Gasteiger partial charge is 0.339 e. The number of halogens is 1. The SMILES string of the molecule is CCOSOc1cc(-c2ccc(F)cc2)cnc1-n1ccc2nc(C)cn2c1=O. The van der Waals surface area contributed by atoms with Crippen LogP contribution in [-0.4, -0.2) is 25.5 Å². The molecule has 3 aromatic heterocycles. The number of nitrogens with zero attached hydrogens (tertiary/aromatic N) is 4. The lowest BCUT2D eigenvalue weighted by atomic mass is 10.1. The van der Waals surface area contributed by atoms with Crippen LogP contribution in [0, 0.1) is 12.7 Å². The van der Waals surface area contributed by atoms with Crippen LogP contribution in [0.3, 0.4) is 0 Å². The molecule has 0 aliphatic carbocycles. The van der Waals surface area contributed by atoms with Crippen LogP contribution >= 0.6 is 12.3 Å². The Morgan fingerprint density at radius 2 is 1.97 bits per heavy atom. The van der Waals surface area contributed by atoms with E-state index >= 15 is 0 Å². The van der Waals surface area contributed by atoms with Crippen LogP contribution in [0.5, 0.6) is 5.75 Å². The number of aryl methyl sites for hydroxylation is 1. The summed E-state index contributed by atoms with van der Waals surface area (Å²) in [7, 11) is 0. The fraction of sp³-hybridized carbons (Fsp3) is 0.150. The van der Waals surface area contributed by atoms with Crippen molar-refractivity contribution in [3.63, 3.8) is 0 Å². The van der Waals surface area contributed by atoms with Crippen LogP contribution in [0.1, 0.15) is 12.6 Å². The van der Waals surface area contributed by atoms with E-state index in [1.54, 1.807) is 42.9 Å². The van der Waals surface area contributed by atoms with Crippen molar-refractivity contribution in [1.82, 2.24) is 18.9 Å². The highest BCUT2D eigenvalue weighted by atomic mass is 32.2. The Labute approximate surface area is 170 Å². The van der Waals surface area contributed by atoms with E-state index in [0.717, 1.165) is 23.6 Å². The van der Waals surface area contributed by atoms with Gasteiger partial charge in [0.2, 0.25) is 12.3 Å². The highest BCUT2D eigenvalue weighted by molar-refractivity contribution is 7.90. The Morgan fingerprint density at radius 3 is 2.72 bits per heavy atom. The van der Waals surface area contributed by atoms with Crippen molar-refractivity contribution < 1.29 is 12.8 Å². The zero-order chi connectivity index (χ0) is 20.4. The minimum Gasteiger partial charge on any atom is -0.396 e. The molecule has 0 radical (unpaired) electrons. The highest BCUT2D eigenvalue weighted by Crippen LogP contribution is 2.30. The number of imidazole rings is 1. The molecule has 148 valence electrons. The first-order valence-electron chi connectivity index (χ1n) is 8.86. The van der Waals surface area contributed by atoms with Gasteiger partial charge in [0.15, 0.2) is 11.6 Å². The summed E-state index contributed by atoms with van der Waals surface area (Å²) >= 11 is 0.801. The number of aromatic nitrogens is 4. The molecule has 3 heterocycles. The zero-order valence-corrected chi connectivity index (χ0v) is 16.5. The topological polar surface area (TPSA) is 70.7 Å². The van der Waals surface area contributed by atoms with Crippen LogP contribution in [0.4, 0.5) is 4.39 Å². The lowest BCUT2D eigenvalue weighted by Gasteiger charge is -2.12. The molecule has 0 amide bonds. The summed E-state index contributed by atoms with van der Waals surface area (Å²) < 4.78 is 26.9. The largest absolute Gasteiger partial charge is 0.396 e. The number of hydrogen-bond acceptors (Lipinski definition) is 6. The monoisotopic (exact) mass is 412 g/mol. The van der Waals surface area contributed by atoms with Gasteiger partial charge in [-0.2, -0.15) is 0 Å². The molecular formula is C20H17FN4O3S. The predicted molar refractivity (Wildman–Crippen MR) is 109 cm³/mol. The molecule has 4 aromatic rings. The Morgan fingerprint density at radius 1 is 1.17 bits per heavy atom. The Kier molecular flexibility index (Phi) is 5.32. The lowest BCUT2D eigenvalue weighted by Crippen LogP contribution is -2.25. The van der Waals surface area contributed by atoms with E-state index in [2.05, 4.69) is 9.97 Å². The summed E-state index contributed by atoms with van der Waals surface area (Å²) in [5.41, 5.74) is 2.45. The molecule has 29 heavy (non-hydrogen) atoms. The molecule has 9 heteroatoms. The van der Waals surface area contributed by atoms with Crippen molar-refractivity contribution in [2.45, 2.75) is 13.8 Å². The maximum Gasteiger partial charge on any atom is 0.339 e. The quantitative estimate of drug-likeness (QED) is 0.353. The number of rotatable bonds is 6. The first kappa shape index (κ1) is 19.2. The standard InChI is InChI=1S/C20H17FN4O3S/c1-3-27-29-28-17-10-15(14-4-6-16(21)7-5-14)11-22-19(17)24-9-8-18-23-13(2)12-25(18)20(24)26/h4-12H,3H2,1-2H3. The van der Waals surface area contributed by atoms with Gasteiger partial charge < -0.3 is 4.18 Å². The van der Waals surface area contributed by atoms with Gasteiger partial charge in [-0.1, -0.05) is 12.1 Å². The summed E-state index contributed by atoms with van der Waals surface area (Å²) in [6.45, 7) is 4.11. The Hall–Kier alpha value is -3.17. The van der Waals surface area contributed by atoms with Crippen LogP contribution < -0.4 is 9.87 Å². The van der Waals surface area contributed by atoms with Gasteiger partial charge in [-0.05, 0) is 43.7 Å². The van der Waals surface area contributed by atoms with Crippen molar-refractivity contribution in [1.29, 1.82) is 0 Å². The van der Waals surface area contributed by atoms with Crippen molar-refractivity contribution in [3.05, 3.63) is 77.0 Å². The van der Waals surface area contributed by atoms with Crippen LogP contribution in [-0.2, 0) is 4.18 Å². The van der Waals surface area contributed by atoms with Gasteiger partial charge >= 0.3 is 5.69 Å². The molecular weight excluding hydrogens is 395 g/mol. The molecule has 0 aliphatic rings. The molecule has 0 spiro atoms. The van der Waals surface area contributed by atoms with E-state index in [1.165, 1.54) is 21.1 Å². The molecule has 0 bridgehead atoms. The molecule has 0 fully saturated rings. The molecule has 0 saturated carbocycles. The van der Waals surface area contributed by atoms with Crippen LogP contribution in [0.15, 0.2) is 59.8 Å². The average molecular weight is 412 g/mol. The van der Waals surface area contributed by atoms with Crippen LogP contribution in [0.25, 0.3) is 22.6 Å². The van der Waals surface area contributed by atoms with E-state index in [0.29, 0.717) is 29.4 Å². The minimum atomic E-state index is -0.323. The number of hydrogen-bond donors (Lipinski definition) is 0. The van der Waals surface area contributed by atoms with Crippen molar-refractivity contribution in [2.24, 2.45) is 0 Å². The number of fused-ring (bicyclic) bond motifs is 1. The fourth-order valence-electron chi connectivity index (χ4n) is 2.86. The molecule has 0 unspecified atom stereocenters. The number of benzene rings is 1. The summed E-state index contributed by atoms with van der Waals surface area (Å²) in [4.78, 5) is 21.7. The third-order valence-electron chi connectivity index (χ3n) is 4.17. The summed E-state index contributed by atoms with van der Waals surface area (Å²) in [5, 5.41) is 0. The summed E-state index contributed by atoms with van der Waals surface area (Å²) in [6, 6.07) is 9.51. The van der Waals surface area contributed by atoms with Gasteiger partial charge in [-0.25, -0.2) is 23.7 Å². The Balaban J connectivity index is 1.82. The maximum atomic E-state index is 13.2. The van der Waals surface area contributed by atoms with Gasteiger partial charge in [-0.15, -0.1) is 0 Å². The van der Waals surface area contributed by atoms with E-state index < -0.39 is 0 Å². The first-order valence-corrected chi connectivity index (χ1v) is 9.53. The zero-order valence-electron chi connectivity index (χ0n) is 15.7.